The van der Waals surface area contributed by atoms with Crippen LogP contribution < -0.4 is 20.5 Å². The number of nitro benzene ring substituents is 1. The van der Waals surface area contributed by atoms with Crippen LogP contribution in [0, 0.1) is 10.1 Å². The van der Waals surface area contributed by atoms with Gasteiger partial charge < -0.3 is 25.6 Å². The third-order valence-corrected chi connectivity index (χ3v) is 2.78. The fourth-order valence-electron chi connectivity index (χ4n) is 1.74. The highest BCUT2D eigenvalue weighted by Gasteiger charge is 2.23. The summed E-state index contributed by atoms with van der Waals surface area (Å²) in [6.45, 7) is 1.67. The number of ether oxygens (including phenoxy) is 2. The van der Waals surface area contributed by atoms with E-state index in [0.717, 1.165) is 6.07 Å². The molecule has 22 heavy (non-hydrogen) atoms. The van der Waals surface area contributed by atoms with Crippen LogP contribution in [0.15, 0.2) is 12.1 Å². The van der Waals surface area contributed by atoms with E-state index in [2.05, 4.69) is 5.32 Å². The predicted octanol–water partition coefficient (Wildman–Crippen LogP) is 0.110. The number of nitrogens with two attached hydrogens (primary N) is 1. The molecule has 9 heteroatoms. The molecule has 9 nitrogen and oxygen atoms in total. The summed E-state index contributed by atoms with van der Waals surface area (Å²) in [6.07, 6.45) is -1.05. The standard InChI is InChI=1S/C13H19N3O6/c1-8(17)9-5-11(21-2)12(6-10(9)16(19)20)22-7-13(18)15-4-3-14/h5-6,8,17H,3-4,7,14H2,1-2H3,(H,15,18). The van der Waals surface area contributed by atoms with Gasteiger partial charge in [-0.3, -0.25) is 14.9 Å². The van der Waals surface area contributed by atoms with E-state index in [4.69, 9.17) is 15.2 Å². The Morgan fingerprint density at radius 2 is 2.18 bits per heavy atom. The summed E-state index contributed by atoms with van der Waals surface area (Å²) in [4.78, 5) is 21.9. The van der Waals surface area contributed by atoms with Gasteiger partial charge in [0.2, 0.25) is 0 Å². The lowest BCUT2D eigenvalue weighted by Gasteiger charge is -2.13. The third kappa shape index (κ3) is 4.57. The van der Waals surface area contributed by atoms with Gasteiger partial charge in [-0.25, -0.2) is 0 Å². The zero-order valence-electron chi connectivity index (χ0n) is 12.4. The number of aliphatic hydroxyl groups is 1. The Morgan fingerprint density at radius 1 is 1.50 bits per heavy atom. The van der Waals surface area contributed by atoms with Crippen LogP contribution >= 0.6 is 0 Å². The first-order valence-corrected chi connectivity index (χ1v) is 6.54. The fraction of sp³-hybridized carbons (Fsp3) is 0.462. The number of hydrogen-bond donors (Lipinski definition) is 3. The van der Waals surface area contributed by atoms with Gasteiger partial charge in [-0.2, -0.15) is 0 Å². The monoisotopic (exact) mass is 313 g/mol. The van der Waals surface area contributed by atoms with Crippen molar-refractivity contribution in [2.75, 3.05) is 26.8 Å². The van der Waals surface area contributed by atoms with Gasteiger partial charge in [0.1, 0.15) is 0 Å². The van der Waals surface area contributed by atoms with Gasteiger partial charge >= 0.3 is 0 Å². The van der Waals surface area contributed by atoms with Crippen molar-refractivity contribution in [1.29, 1.82) is 0 Å². The van der Waals surface area contributed by atoms with Crippen molar-refractivity contribution in [2.45, 2.75) is 13.0 Å². The van der Waals surface area contributed by atoms with Crippen molar-refractivity contribution >= 4 is 11.6 Å². The molecule has 1 aromatic rings. The highest BCUT2D eigenvalue weighted by Crippen LogP contribution is 2.37. The number of rotatable bonds is 8. The summed E-state index contributed by atoms with van der Waals surface area (Å²) in [7, 11) is 1.36. The van der Waals surface area contributed by atoms with E-state index in [1.807, 2.05) is 0 Å². The second-order valence-corrected chi connectivity index (χ2v) is 4.42. The molecule has 0 aliphatic heterocycles. The first-order chi connectivity index (χ1) is 10.4. The van der Waals surface area contributed by atoms with Crippen molar-refractivity contribution in [1.82, 2.24) is 5.32 Å². The van der Waals surface area contributed by atoms with Crippen molar-refractivity contribution in [3.8, 4) is 11.5 Å². The molecule has 1 unspecified atom stereocenters. The summed E-state index contributed by atoms with van der Waals surface area (Å²) >= 11 is 0. The minimum absolute atomic E-state index is 0.0431. The molecule has 0 heterocycles. The van der Waals surface area contributed by atoms with Gasteiger partial charge in [-0.1, -0.05) is 0 Å². The van der Waals surface area contributed by atoms with Crippen molar-refractivity contribution in [2.24, 2.45) is 5.73 Å². The molecule has 0 bridgehead atoms. The van der Waals surface area contributed by atoms with Gasteiger partial charge in [0, 0.05) is 13.1 Å². The maximum absolute atomic E-state index is 11.5. The molecule has 0 fully saturated rings. The van der Waals surface area contributed by atoms with E-state index in [0.29, 0.717) is 13.1 Å². The Hall–Kier alpha value is -2.39. The molecule has 1 rings (SSSR count). The van der Waals surface area contributed by atoms with Gasteiger partial charge in [0.15, 0.2) is 18.1 Å². The van der Waals surface area contributed by atoms with Crippen LogP contribution in [0.5, 0.6) is 11.5 Å². The lowest BCUT2D eigenvalue weighted by Crippen LogP contribution is -2.32. The van der Waals surface area contributed by atoms with Gasteiger partial charge in [-0.15, -0.1) is 0 Å². The SMILES string of the molecule is COc1cc(C(C)O)c([N+](=O)[O-])cc1OCC(=O)NCCN. The predicted molar refractivity (Wildman–Crippen MR) is 77.8 cm³/mol. The Morgan fingerprint density at radius 3 is 2.68 bits per heavy atom. The largest absolute Gasteiger partial charge is 0.493 e. The van der Waals surface area contributed by atoms with E-state index in [-0.39, 0.29) is 29.4 Å². The van der Waals surface area contributed by atoms with Crippen LogP contribution in [0.2, 0.25) is 0 Å². The lowest BCUT2D eigenvalue weighted by atomic mass is 10.1. The zero-order chi connectivity index (χ0) is 16.7. The Balaban J connectivity index is 3.00. The molecule has 1 amide bonds. The van der Waals surface area contributed by atoms with Crippen molar-refractivity contribution in [3.63, 3.8) is 0 Å². The molecule has 0 aromatic heterocycles. The van der Waals surface area contributed by atoms with Gasteiger partial charge in [-0.05, 0) is 13.0 Å². The Kier molecular flexibility index (Phi) is 6.54. The minimum Gasteiger partial charge on any atom is -0.493 e. The zero-order valence-corrected chi connectivity index (χ0v) is 12.4. The number of benzene rings is 1. The average Bonchev–Trinajstić information content (AvgIpc) is 2.49. The first-order valence-electron chi connectivity index (χ1n) is 6.54. The van der Waals surface area contributed by atoms with Crippen LogP contribution in [0.1, 0.15) is 18.6 Å². The molecule has 0 aliphatic carbocycles. The number of hydrogen-bond acceptors (Lipinski definition) is 7. The molecule has 0 saturated heterocycles. The smallest absolute Gasteiger partial charge is 0.279 e. The summed E-state index contributed by atoms with van der Waals surface area (Å²) in [5.74, 6) is -0.176. The number of nitrogens with zero attached hydrogens (tertiary/aromatic N) is 1. The first kappa shape index (κ1) is 17.7. The highest BCUT2D eigenvalue weighted by molar-refractivity contribution is 5.77. The number of carbonyl (C=O) groups excluding carboxylic acids is 1. The number of methoxy groups -OCH3 is 1. The summed E-state index contributed by atoms with van der Waals surface area (Å²) in [6, 6.07) is 2.44. The molecule has 0 saturated carbocycles. The maximum atomic E-state index is 11.5. The maximum Gasteiger partial charge on any atom is 0.279 e. The number of carbonyl (C=O) groups is 1. The van der Waals surface area contributed by atoms with Crippen molar-refractivity contribution < 1.29 is 24.3 Å². The Bertz CT molecular complexity index is 547. The van der Waals surface area contributed by atoms with Crippen LogP contribution in [0.4, 0.5) is 5.69 Å². The van der Waals surface area contributed by atoms with Gasteiger partial charge in [0.25, 0.3) is 11.6 Å². The molecule has 4 N–H and O–H groups in total. The van der Waals surface area contributed by atoms with E-state index in [1.165, 1.54) is 20.1 Å². The summed E-state index contributed by atoms with van der Waals surface area (Å²) in [5, 5.41) is 23.2. The number of amides is 1. The highest BCUT2D eigenvalue weighted by atomic mass is 16.6. The van der Waals surface area contributed by atoms with Gasteiger partial charge in [0.05, 0.1) is 29.8 Å². The van der Waals surface area contributed by atoms with E-state index >= 15 is 0 Å². The molecular weight excluding hydrogens is 294 g/mol. The average molecular weight is 313 g/mol. The lowest BCUT2D eigenvalue weighted by molar-refractivity contribution is -0.386. The molecule has 122 valence electrons. The Labute approximate surface area is 127 Å². The summed E-state index contributed by atoms with van der Waals surface area (Å²) in [5.41, 5.74) is 5.04. The molecule has 1 aromatic carbocycles. The topological polar surface area (TPSA) is 137 Å². The van der Waals surface area contributed by atoms with Crippen LogP contribution in [0.25, 0.3) is 0 Å². The molecular formula is C13H19N3O6. The number of nitrogens with one attached hydrogen (secondary N) is 1. The minimum atomic E-state index is -1.05. The fourth-order valence-corrected chi connectivity index (χ4v) is 1.74. The molecule has 1 atom stereocenters. The quantitative estimate of drug-likeness (QED) is 0.457. The molecule has 0 spiro atoms. The van der Waals surface area contributed by atoms with Crippen LogP contribution in [-0.2, 0) is 4.79 Å². The van der Waals surface area contributed by atoms with Crippen LogP contribution in [-0.4, -0.2) is 42.7 Å². The van der Waals surface area contributed by atoms with Crippen LogP contribution in [0.3, 0.4) is 0 Å². The molecule has 0 aliphatic rings. The van der Waals surface area contributed by atoms with E-state index in [1.54, 1.807) is 0 Å². The normalized spacial score (nSPS) is 11.6. The summed E-state index contributed by atoms with van der Waals surface area (Å²) < 4.78 is 10.3. The van der Waals surface area contributed by atoms with E-state index < -0.39 is 16.9 Å². The number of nitro groups is 1. The second kappa shape index (κ2) is 8.15. The number of aliphatic hydroxyl groups excluding tert-OH is 1. The molecule has 0 radical (unpaired) electrons. The second-order valence-electron chi connectivity index (χ2n) is 4.42. The third-order valence-electron chi connectivity index (χ3n) is 2.78. The van der Waals surface area contributed by atoms with Crippen molar-refractivity contribution in [3.05, 3.63) is 27.8 Å². The van der Waals surface area contributed by atoms with E-state index in [9.17, 15) is 20.0 Å².